The van der Waals surface area contributed by atoms with Crippen LogP contribution in [0.1, 0.15) is 0 Å². The first-order valence-corrected chi connectivity index (χ1v) is 27.8. The van der Waals surface area contributed by atoms with E-state index in [4.69, 9.17) is 15.0 Å². The van der Waals surface area contributed by atoms with Gasteiger partial charge in [0, 0.05) is 65.6 Å². The smallest absolute Gasteiger partial charge is 0.138 e. The molecule has 0 radical (unpaired) electrons. The highest BCUT2D eigenvalue weighted by atomic mass is 15.1. The average Bonchev–Trinajstić information content (AvgIpc) is 4.48. The largest absolute Gasteiger partial charge is 0.309 e. The van der Waals surface area contributed by atoms with Crippen molar-refractivity contribution in [2.45, 2.75) is 0 Å². The van der Waals surface area contributed by atoms with Crippen molar-refractivity contribution in [1.82, 2.24) is 33.2 Å². The van der Waals surface area contributed by atoms with Crippen molar-refractivity contribution >= 4 is 87.2 Å². The van der Waals surface area contributed by atoms with Gasteiger partial charge < -0.3 is 9.13 Å². The summed E-state index contributed by atoms with van der Waals surface area (Å²) >= 11 is 0. The van der Waals surface area contributed by atoms with Crippen LogP contribution in [0.25, 0.3) is 155 Å². The standard InChI is InChI=1S/C75H47N7/c1-4-19-48(20-5-1)49-37-41-69-59(45-49)60-47-50(38-43-70(60)80(69)53-23-8-3-9-24-53)61-28-16-30-63(76-61)64-31-18-35-72(78-64)81-67-34-15-12-27-57(67)74-71(81)44-40-56-54-25-10-14-33-66(54)82(75(56)74)73-36-17-29-62(77-73)51-39-42-68-58(46-51)55-26-11-13-32-65(55)79(68)52-21-6-2-7-22-52/h1-47H. The van der Waals surface area contributed by atoms with Crippen LogP contribution in [-0.4, -0.2) is 33.2 Å². The molecule has 10 aromatic carbocycles. The molecular formula is C75H47N7. The summed E-state index contributed by atoms with van der Waals surface area (Å²) in [5.74, 6) is 1.66. The summed E-state index contributed by atoms with van der Waals surface area (Å²) in [4.78, 5) is 16.4. The molecule has 17 rings (SSSR count). The molecule has 0 fully saturated rings. The van der Waals surface area contributed by atoms with Crippen molar-refractivity contribution in [2.24, 2.45) is 0 Å². The first-order valence-electron chi connectivity index (χ1n) is 27.8. The molecule has 0 bridgehead atoms. The zero-order valence-corrected chi connectivity index (χ0v) is 44.3. The average molecular weight is 1050 g/mol. The van der Waals surface area contributed by atoms with Gasteiger partial charge in [0.15, 0.2) is 0 Å². The summed E-state index contributed by atoms with van der Waals surface area (Å²) in [7, 11) is 0. The Morgan fingerprint density at radius 3 is 1.23 bits per heavy atom. The van der Waals surface area contributed by atoms with Gasteiger partial charge in [-0.3, -0.25) is 9.13 Å². The lowest BCUT2D eigenvalue weighted by Gasteiger charge is -2.11. The third-order valence-corrected chi connectivity index (χ3v) is 16.6. The van der Waals surface area contributed by atoms with E-state index < -0.39 is 0 Å². The summed E-state index contributed by atoms with van der Waals surface area (Å²) in [6.07, 6.45) is 0. The third-order valence-electron chi connectivity index (χ3n) is 16.6. The number of fused-ring (bicyclic) bond motifs is 13. The molecule has 7 heteroatoms. The maximum absolute atomic E-state index is 5.55. The maximum Gasteiger partial charge on any atom is 0.138 e. The van der Waals surface area contributed by atoms with Crippen LogP contribution >= 0.6 is 0 Å². The molecule has 0 unspecified atom stereocenters. The van der Waals surface area contributed by atoms with E-state index in [1.807, 2.05) is 0 Å². The molecule has 0 atom stereocenters. The lowest BCUT2D eigenvalue weighted by Crippen LogP contribution is -2.00. The minimum Gasteiger partial charge on any atom is -0.309 e. The van der Waals surface area contributed by atoms with Crippen molar-refractivity contribution in [1.29, 1.82) is 0 Å². The number of aromatic nitrogens is 7. The van der Waals surface area contributed by atoms with E-state index in [0.717, 1.165) is 112 Å². The number of hydrogen-bond acceptors (Lipinski definition) is 3. The van der Waals surface area contributed by atoms with Gasteiger partial charge in [-0.05, 0) is 132 Å². The molecular weight excluding hydrogens is 999 g/mol. The fraction of sp³-hybridized carbons (Fsp3) is 0. The molecule has 0 aliphatic heterocycles. The highest BCUT2D eigenvalue weighted by Gasteiger charge is 2.23. The maximum atomic E-state index is 5.55. The molecule has 82 heavy (non-hydrogen) atoms. The summed E-state index contributed by atoms with van der Waals surface area (Å²) in [6, 6.07) is 102. The third kappa shape index (κ3) is 7.06. The molecule has 7 aromatic heterocycles. The van der Waals surface area contributed by atoms with E-state index in [9.17, 15) is 0 Å². The Morgan fingerprint density at radius 2 is 0.610 bits per heavy atom. The molecule has 7 nitrogen and oxygen atoms in total. The quantitative estimate of drug-likeness (QED) is 0.152. The fourth-order valence-electron chi connectivity index (χ4n) is 13.0. The summed E-state index contributed by atoms with van der Waals surface area (Å²) in [6.45, 7) is 0. The molecule has 0 aliphatic rings. The molecule has 0 spiro atoms. The van der Waals surface area contributed by atoms with Gasteiger partial charge in [0.1, 0.15) is 11.6 Å². The molecule has 0 saturated heterocycles. The van der Waals surface area contributed by atoms with Gasteiger partial charge >= 0.3 is 0 Å². The van der Waals surface area contributed by atoms with Crippen molar-refractivity contribution < 1.29 is 0 Å². The number of nitrogens with zero attached hydrogens (tertiary/aromatic N) is 7. The predicted molar refractivity (Wildman–Crippen MR) is 339 cm³/mol. The normalized spacial score (nSPS) is 11.9. The first kappa shape index (κ1) is 45.8. The van der Waals surface area contributed by atoms with Crippen molar-refractivity contribution in [2.75, 3.05) is 0 Å². The zero-order chi connectivity index (χ0) is 53.8. The summed E-state index contributed by atoms with van der Waals surface area (Å²) in [5.41, 5.74) is 19.1. The van der Waals surface area contributed by atoms with E-state index in [0.29, 0.717) is 0 Å². The Morgan fingerprint density at radius 1 is 0.207 bits per heavy atom. The Hall–Kier alpha value is -11.2. The van der Waals surface area contributed by atoms with Crippen LogP contribution in [-0.2, 0) is 0 Å². The van der Waals surface area contributed by atoms with Crippen LogP contribution in [0, 0.1) is 0 Å². The van der Waals surface area contributed by atoms with E-state index in [1.165, 1.54) is 43.6 Å². The van der Waals surface area contributed by atoms with Crippen molar-refractivity contribution in [3.63, 3.8) is 0 Å². The van der Waals surface area contributed by atoms with E-state index >= 15 is 0 Å². The Bertz CT molecular complexity index is 5400. The second kappa shape index (κ2) is 18.2. The van der Waals surface area contributed by atoms with Crippen molar-refractivity contribution in [3.05, 3.63) is 285 Å². The van der Waals surface area contributed by atoms with Gasteiger partial charge in [-0.25, -0.2) is 15.0 Å². The monoisotopic (exact) mass is 1050 g/mol. The molecule has 0 saturated carbocycles. The van der Waals surface area contributed by atoms with Gasteiger partial charge in [0.2, 0.25) is 0 Å². The van der Waals surface area contributed by atoms with Crippen molar-refractivity contribution in [3.8, 4) is 68.0 Å². The summed E-state index contributed by atoms with van der Waals surface area (Å²) < 4.78 is 9.40. The van der Waals surface area contributed by atoms with Gasteiger partial charge in [0.25, 0.3) is 0 Å². The lowest BCUT2D eigenvalue weighted by molar-refractivity contribution is 1.07. The lowest BCUT2D eigenvalue weighted by atomic mass is 10.0. The van der Waals surface area contributed by atoms with Crippen LogP contribution in [0.3, 0.4) is 0 Å². The molecule has 0 amide bonds. The Kier molecular flexibility index (Phi) is 10.2. The van der Waals surface area contributed by atoms with Crippen LogP contribution in [0.15, 0.2) is 285 Å². The Labute approximate surface area is 471 Å². The van der Waals surface area contributed by atoms with Crippen LogP contribution in [0.5, 0.6) is 0 Å². The number of benzene rings is 10. The van der Waals surface area contributed by atoms with Crippen LogP contribution in [0.4, 0.5) is 0 Å². The van der Waals surface area contributed by atoms with Gasteiger partial charge in [0.05, 0.1) is 66.9 Å². The summed E-state index contributed by atoms with van der Waals surface area (Å²) in [5, 5.41) is 9.37. The first-order chi connectivity index (χ1) is 40.7. The number of hydrogen-bond donors (Lipinski definition) is 0. The molecule has 0 aliphatic carbocycles. The molecule has 7 heterocycles. The molecule has 382 valence electrons. The number of pyridine rings is 3. The predicted octanol–water partition coefficient (Wildman–Crippen LogP) is 18.9. The van der Waals surface area contributed by atoms with Crippen LogP contribution in [0.2, 0.25) is 0 Å². The minimum absolute atomic E-state index is 0.790. The zero-order valence-electron chi connectivity index (χ0n) is 44.3. The highest BCUT2D eigenvalue weighted by molar-refractivity contribution is 6.26. The molecule has 17 aromatic rings. The Balaban J connectivity index is 0.789. The van der Waals surface area contributed by atoms with Gasteiger partial charge in [-0.1, -0.05) is 164 Å². The highest BCUT2D eigenvalue weighted by Crippen LogP contribution is 2.43. The number of para-hydroxylation sites is 5. The topological polar surface area (TPSA) is 58.4 Å². The van der Waals surface area contributed by atoms with Gasteiger partial charge in [-0.2, -0.15) is 0 Å². The van der Waals surface area contributed by atoms with E-state index in [-0.39, 0.29) is 0 Å². The van der Waals surface area contributed by atoms with Gasteiger partial charge in [-0.15, -0.1) is 0 Å². The minimum atomic E-state index is 0.790. The van der Waals surface area contributed by atoms with E-state index in [1.54, 1.807) is 0 Å². The molecule has 0 N–H and O–H groups in total. The fourth-order valence-corrected chi connectivity index (χ4v) is 13.0. The second-order valence-electron chi connectivity index (χ2n) is 21.2. The van der Waals surface area contributed by atoms with Crippen LogP contribution < -0.4 is 0 Å². The second-order valence-corrected chi connectivity index (χ2v) is 21.2. The number of rotatable bonds is 8. The van der Waals surface area contributed by atoms with E-state index in [2.05, 4.69) is 303 Å². The SMILES string of the molecule is c1ccc(-c2ccc3c(c2)c2cc(-c4cccc(-c5cccc(-n6c7ccccc7c7c6ccc6c8ccccc8n(-c8cccc(-c9ccc%10c(c9)c9ccccc9n%10-c9ccccc9)n8)c67)n5)n4)ccc2n3-c2ccccc2)cc1.